The summed E-state index contributed by atoms with van der Waals surface area (Å²) in [5.41, 5.74) is 1.31. The number of benzene rings is 1. The molecule has 20 heavy (non-hydrogen) atoms. The molecule has 0 saturated heterocycles. The van der Waals surface area contributed by atoms with Crippen LogP contribution in [0, 0.1) is 24.2 Å². The van der Waals surface area contributed by atoms with Crippen molar-refractivity contribution < 1.29 is 13.5 Å². The minimum atomic E-state index is -3.53. The molecule has 0 bridgehead atoms. The van der Waals surface area contributed by atoms with Crippen molar-refractivity contribution in [2.45, 2.75) is 38.1 Å². The fraction of sp³-hybridized carbons (Fsp3) is 0.467. The highest BCUT2D eigenvalue weighted by atomic mass is 32.2. The fourth-order valence-corrected chi connectivity index (χ4v) is 3.71. The van der Waals surface area contributed by atoms with Crippen LogP contribution in [0.2, 0.25) is 0 Å². The van der Waals surface area contributed by atoms with E-state index in [1.54, 1.807) is 25.1 Å². The number of sulfonamides is 1. The van der Waals surface area contributed by atoms with Crippen molar-refractivity contribution in [3.05, 3.63) is 29.3 Å². The molecule has 1 fully saturated rings. The predicted molar refractivity (Wildman–Crippen MR) is 77.7 cm³/mol. The topological polar surface area (TPSA) is 66.4 Å². The van der Waals surface area contributed by atoms with Gasteiger partial charge in [0, 0.05) is 11.6 Å². The van der Waals surface area contributed by atoms with Crippen molar-refractivity contribution in [1.29, 1.82) is 0 Å². The Labute approximate surface area is 120 Å². The van der Waals surface area contributed by atoms with Crippen molar-refractivity contribution in [2.75, 3.05) is 6.61 Å². The number of hydrogen-bond donors (Lipinski definition) is 2. The van der Waals surface area contributed by atoms with Crippen LogP contribution in [0.3, 0.4) is 0 Å². The molecule has 0 amide bonds. The van der Waals surface area contributed by atoms with Crippen LogP contribution in [0.5, 0.6) is 0 Å². The molecule has 1 unspecified atom stereocenters. The van der Waals surface area contributed by atoms with Crippen LogP contribution < -0.4 is 4.72 Å². The average Bonchev–Trinajstić information content (AvgIpc) is 2.94. The van der Waals surface area contributed by atoms with Gasteiger partial charge < -0.3 is 5.11 Å². The standard InChI is InChI=1S/C15H19NO3S/c1-11-6-7-12(5-4-8-17)9-13(11)20(18,19)16-14-10-15(14,2)3/h6-7,9,14,16-17H,8,10H2,1-3H3. The Balaban J connectivity index is 2.31. The van der Waals surface area contributed by atoms with Gasteiger partial charge in [0.05, 0.1) is 4.90 Å². The highest BCUT2D eigenvalue weighted by Gasteiger charge is 2.48. The first kappa shape index (κ1) is 15.0. The van der Waals surface area contributed by atoms with Crippen LogP contribution in [0.25, 0.3) is 0 Å². The molecule has 108 valence electrons. The van der Waals surface area contributed by atoms with E-state index < -0.39 is 10.0 Å². The molecule has 1 aliphatic rings. The molecule has 0 radical (unpaired) electrons. The Morgan fingerprint density at radius 1 is 1.45 bits per heavy atom. The van der Waals surface area contributed by atoms with Gasteiger partial charge in [0.2, 0.25) is 10.0 Å². The second-order valence-corrected chi connectivity index (χ2v) is 7.49. The Bertz CT molecular complexity index is 681. The highest BCUT2D eigenvalue weighted by Crippen LogP contribution is 2.45. The molecule has 5 heteroatoms. The van der Waals surface area contributed by atoms with Gasteiger partial charge in [0.15, 0.2) is 0 Å². The summed E-state index contributed by atoms with van der Waals surface area (Å²) in [6.07, 6.45) is 0.856. The number of aliphatic hydroxyl groups is 1. The van der Waals surface area contributed by atoms with Crippen molar-refractivity contribution in [3.63, 3.8) is 0 Å². The summed E-state index contributed by atoms with van der Waals surface area (Å²) in [4.78, 5) is 0.255. The second-order valence-electron chi connectivity index (χ2n) is 5.81. The van der Waals surface area contributed by atoms with Gasteiger partial charge in [-0.05, 0) is 36.5 Å². The lowest BCUT2D eigenvalue weighted by Crippen LogP contribution is -2.29. The number of rotatable bonds is 3. The quantitative estimate of drug-likeness (QED) is 0.828. The van der Waals surface area contributed by atoms with Gasteiger partial charge >= 0.3 is 0 Å². The van der Waals surface area contributed by atoms with Crippen molar-refractivity contribution in [1.82, 2.24) is 4.72 Å². The summed E-state index contributed by atoms with van der Waals surface area (Å²) in [5.74, 6) is 5.25. The van der Waals surface area contributed by atoms with E-state index in [-0.39, 0.29) is 23.0 Å². The Morgan fingerprint density at radius 2 is 2.10 bits per heavy atom. The first-order valence-corrected chi connectivity index (χ1v) is 7.97. The fourth-order valence-electron chi connectivity index (χ4n) is 2.03. The molecule has 2 rings (SSSR count). The Hall–Kier alpha value is -1.35. The number of nitrogens with one attached hydrogen (secondary N) is 1. The monoisotopic (exact) mass is 293 g/mol. The van der Waals surface area contributed by atoms with Crippen molar-refractivity contribution in [2.24, 2.45) is 5.41 Å². The maximum absolute atomic E-state index is 12.4. The van der Waals surface area contributed by atoms with E-state index in [2.05, 4.69) is 16.6 Å². The lowest BCUT2D eigenvalue weighted by molar-refractivity contribution is 0.350. The molecule has 0 heterocycles. The molecule has 1 aromatic rings. The SMILES string of the molecule is Cc1ccc(C#CCO)cc1S(=O)(=O)NC1CC1(C)C. The Morgan fingerprint density at radius 3 is 2.65 bits per heavy atom. The molecule has 1 saturated carbocycles. The minimum absolute atomic E-state index is 0.000850. The van der Waals surface area contributed by atoms with E-state index in [9.17, 15) is 8.42 Å². The minimum Gasteiger partial charge on any atom is -0.384 e. The van der Waals surface area contributed by atoms with Crippen LogP contribution >= 0.6 is 0 Å². The third-order valence-electron chi connectivity index (χ3n) is 3.60. The molecule has 1 aliphatic carbocycles. The summed E-state index contributed by atoms with van der Waals surface area (Å²) in [6.45, 7) is 5.59. The normalized spacial score (nSPS) is 20.1. The lowest BCUT2D eigenvalue weighted by Gasteiger charge is -2.11. The molecule has 0 aromatic heterocycles. The zero-order valence-electron chi connectivity index (χ0n) is 11.9. The molecular weight excluding hydrogens is 274 g/mol. The molecular formula is C15H19NO3S. The van der Waals surface area contributed by atoms with Gasteiger partial charge in [-0.15, -0.1) is 0 Å². The van der Waals surface area contributed by atoms with Crippen molar-refractivity contribution >= 4 is 10.0 Å². The predicted octanol–water partition coefficient (Wildman–Crippen LogP) is 1.42. The van der Waals surface area contributed by atoms with E-state index in [0.29, 0.717) is 11.1 Å². The van der Waals surface area contributed by atoms with Crippen molar-refractivity contribution in [3.8, 4) is 11.8 Å². The summed E-state index contributed by atoms with van der Waals surface area (Å²) >= 11 is 0. The summed E-state index contributed by atoms with van der Waals surface area (Å²) in [6, 6.07) is 5.03. The maximum Gasteiger partial charge on any atom is 0.241 e. The summed E-state index contributed by atoms with van der Waals surface area (Å²) < 4.78 is 27.6. The first-order valence-electron chi connectivity index (χ1n) is 6.49. The van der Waals surface area contributed by atoms with E-state index in [0.717, 1.165) is 6.42 Å². The molecule has 1 aromatic carbocycles. The van der Waals surface area contributed by atoms with Crippen LogP contribution in [-0.2, 0) is 10.0 Å². The third-order valence-corrected chi connectivity index (χ3v) is 5.21. The van der Waals surface area contributed by atoms with Crippen LogP contribution in [0.4, 0.5) is 0 Å². The average molecular weight is 293 g/mol. The summed E-state index contributed by atoms with van der Waals surface area (Å²) in [7, 11) is -3.53. The van der Waals surface area contributed by atoms with Gasteiger partial charge in [-0.25, -0.2) is 13.1 Å². The largest absolute Gasteiger partial charge is 0.384 e. The summed E-state index contributed by atoms with van der Waals surface area (Å²) in [5, 5.41) is 8.69. The molecule has 1 atom stereocenters. The van der Waals surface area contributed by atoms with Crippen LogP contribution in [0.1, 0.15) is 31.4 Å². The molecule has 0 spiro atoms. The van der Waals surface area contributed by atoms with Gasteiger partial charge in [-0.1, -0.05) is 31.8 Å². The van der Waals surface area contributed by atoms with Crippen LogP contribution in [-0.4, -0.2) is 26.2 Å². The second kappa shape index (κ2) is 5.21. The zero-order chi connectivity index (χ0) is 15.0. The zero-order valence-corrected chi connectivity index (χ0v) is 12.7. The number of hydrogen-bond acceptors (Lipinski definition) is 3. The van der Waals surface area contributed by atoms with Gasteiger partial charge in [0.25, 0.3) is 0 Å². The molecule has 0 aliphatic heterocycles. The maximum atomic E-state index is 12.4. The number of aryl methyl sites for hydroxylation is 1. The van der Waals surface area contributed by atoms with Gasteiger partial charge in [-0.3, -0.25) is 0 Å². The first-order chi connectivity index (χ1) is 9.26. The van der Waals surface area contributed by atoms with Gasteiger partial charge in [-0.2, -0.15) is 0 Å². The highest BCUT2D eigenvalue weighted by molar-refractivity contribution is 7.89. The molecule has 4 nitrogen and oxygen atoms in total. The van der Waals surface area contributed by atoms with E-state index >= 15 is 0 Å². The van der Waals surface area contributed by atoms with Crippen LogP contribution in [0.15, 0.2) is 23.1 Å². The number of aliphatic hydroxyl groups excluding tert-OH is 1. The third kappa shape index (κ3) is 3.21. The Kier molecular flexibility index (Phi) is 3.92. The lowest BCUT2D eigenvalue weighted by atomic mass is 10.1. The van der Waals surface area contributed by atoms with E-state index in [1.807, 2.05) is 13.8 Å². The van der Waals surface area contributed by atoms with Gasteiger partial charge in [0.1, 0.15) is 6.61 Å². The smallest absolute Gasteiger partial charge is 0.241 e. The molecule has 2 N–H and O–H groups in total. The van der Waals surface area contributed by atoms with E-state index in [4.69, 9.17) is 5.11 Å². The van der Waals surface area contributed by atoms with E-state index in [1.165, 1.54) is 0 Å².